The van der Waals surface area contributed by atoms with E-state index in [2.05, 4.69) is 32.2 Å². The third-order valence-corrected chi connectivity index (χ3v) is 6.73. The van der Waals surface area contributed by atoms with Crippen LogP contribution in [0.3, 0.4) is 0 Å². The zero-order chi connectivity index (χ0) is 17.7. The van der Waals surface area contributed by atoms with Crippen molar-refractivity contribution >= 4 is 27.3 Å². The van der Waals surface area contributed by atoms with Crippen LogP contribution in [-0.4, -0.2) is 55.7 Å². The van der Waals surface area contributed by atoms with Crippen LogP contribution in [0.25, 0.3) is 15.8 Å². The molecule has 0 aromatic carbocycles. The van der Waals surface area contributed by atoms with Gasteiger partial charge in [-0.25, -0.2) is 14.6 Å². The van der Waals surface area contributed by atoms with Gasteiger partial charge in [-0.2, -0.15) is 5.10 Å². The Hall–Kier alpha value is -2.32. The number of rotatable bonds is 3. The van der Waals surface area contributed by atoms with Crippen LogP contribution in [-0.2, 0) is 0 Å². The molecule has 1 amide bonds. The molecule has 3 fully saturated rings. The molecule has 2 unspecified atom stereocenters. The van der Waals surface area contributed by atoms with Crippen LogP contribution in [0.2, 0.25) is 0 Å². The number of aromatic nitrogens is 4. The van der Waals surface area contributed by atoms with Gasteiger partial charge in [-0.15, -0.1) is 11.3 Å². The first-order valence-corrected chi connectivity index (χ1v) is 9.86. The highest BCUT2D eigenvalue weighted by Gasteiger charge is 2.40. The minimum absolute atomic E-state index is 0.0896. The highest BCUT2D eigenvalue weighted by molar-refractivity contribution is 7.17. The molecule has 6 heterocycles. The molecule has 3 aromatic rings. The molecule has 26 heavy (non-hydrogen) atoms. The number of amides is 1. The summed E-state index contributed by atoms with van der Waals surface area (Å²) in [6.07, 6.45) is 7.28. The molecule has 6 rings (SSSR count). The molecule has 3 aromatic heterocycles. The maximum atomic E-state index is 12.9. The van der Waals surface area contributed by atoms with E-state index in [9.17, 15) is 4.79 Å². The molecular weight excluding hydrogens is 348 g/mol. The van der Waals surface area contributed by atoms with E-state index >= 15 is 0 Å². The van der Waals surface area contributed by atoms with Gasteiger partial charge in [0.05, 0.1) is 10.4 Å². The predicted molar refractivity (Wildman–Crippen MR) is 99.6 cm³/mol. The lowest BCUT2D eigenvalue weighted by Crippen LogP contribution is -2.62. The van der Waals surface area contributed by atoms with Gasteiger partial charge >= 0.3 is 0 Å². The van der Waals surface area contributed by atoms with E-state index in [1.807, 2.05) is 11.4 Å². The lowest BCUT2D eigenvalue weighted by Gasteiger charge is -2.49. The Morgan fingerprint density at radius 2 is 2.19 bits per heavy atom. The number of nitrogens with zero attached hydrogens (tertiary/aromatic N) is 5. The first-order valence-electron chi connectivity index (χ1n) is 8.98. The largest absolute Gasteiger partial charge is 0.346 e. The van der Waals surface area contributed by atoms with E-state index in [4.69, 9.17) is 0 Å². The molecule has 134 valence electrons. The van der Waals surface area contributed by atoms with Crippen LogP contribution in [0.4, 0.5) is 0 Å². The van der Waals surface area contributed by atoms with Gasteiger partial charge in [0.25, 0.3) is 5.91 Å². The Labute approximate surface area is 155 Å². The fourth-order valence-electron chi connectivity index (χ4n) is 4.32. The molecule has 0 aliphatic carbocycles. The summed E-state index contributed by atoms with van der Waals surface area (Å²) in [6.45, 7) is 4.52. The molecule has 3 aliphatic heterocycles. The monoisotopic (exact) mass is 368 g/mol. The van der Waals surface area contributed by atoms with Gasteiger partial charge in [-0.1, -0.05) is 0 Å². The first-order chi connectivity index (χ1) is 12.7. The highest BCUT2D eigenvalue weighted by atomic mass is 32.1. The van der Waals surface area contributed by atoms with Crippen LogP contribution >= 0.6 is 11.3 Å². The number of carbonyl (C=O) groups is 1. The molecule has 3 saturated heterocycles. The van der Waals surface area contributed by atoms with Crippen molar-refractivity contribution in [2.45, 2.75) is 31.8 Å². The average Bonchev–Trinajstić information content (AvgIpc) is 3.33. The first kappa shape index (κ1) is 15.9. The molecule has 0 spiro atoms. The Kier molecular flexibility index (Phi) is 3.75. The number of nitrogens with one attached hydrogen (secondary N) is 1. The van der Waals surface area contributed by atoms with E-state index in [1.54, 1.807) is 28.5 Å². The highest BCUT2D eigenvalue weighted by Crippen LogP contribution is 2.32. The molecule has 0 radical (unpaired) electrons. The molecular formula is C18H20N6OS. The van der Waals surface area contributed by atoms with E-state index in [-0.39, 0.29) is 11.9 Å². The Morgan fingerprint density at radius 1 is 1.35 bits per heavy atom. The summed E-state index contributed by atoms with van der Waals surface area (Å²) >= 11 is 1.59. The molecule has 1 N–H and O–H groups in total. The number of carbonyl (C=O) groups excluding carboxylic acids is 1. The second-order valence-corrected chi connectivity index (χ2v) is 8.05. The predicted octanol–water partition coefficient (Wildman–Crippen LogP) is 2.09. The van der Waals surface area contributed by atoms with Crippen molar-refractivity contribution in [1.82, 2.24) is 30.0 Å². The Morgan fingerprint density at radius 3 is 2.92 bits per heavy atom. The maximum Gasteiger partial charge on any atom is 0.270 e. The number of thiophene rings is 1. The molecule has 3 aliphatic rings. The van der Waals surface area contributed by atoms with Crippen LogP contribution < -0.4 is 5.32 Å². The van der Waals surface area contributed by atoms with Gasteiger partial charge in [0, 0.05) is 29.0 Å². The van der Waals surface area contributed by atoms with Crippen molar-refractivity contribution in [3.8, 4) is 5.69 Å². The van der Waals surface area contributed by atoms with Gasteiger partial charge < -0.3 is 5.32 Å². The van der Waals surface area contributed by atoms with Crippen molar-refractivity contribution in [2.24, 2.45) is 5.92 Å². The zero-order valence-corrected chi connectivity index (χ0v) is 15.3. The standard InChI is InChI=1S/C18H20N6OS/c1-11-17(12-2-4-23(11)5-3-12)22-18(25)14-6-13-15(24-10-19-9-21-24)8-26-16(13)7-20-14/h6-12,17H,2-5H2,1H3,(H,22,25). The average molecular weight is 368 g/mol. The van der Waals surface area contributed by atoms with Crippen molar-refractivity contribution in [1.29, 1.82) is 0 Å². The number of hydrogen-bond donors (Lipinski definition) is 1. The van der Waals surface area contributed by atoms with Crippen LogP contribution in [0, 0.1) is 5.92 Å². The van der Waals surface area contributed by atoms with Crippen LogP contribution in [0.15, 0.2) is 30.3 Å². The number of fused-ring (bicyclic) bond motifs is 4. The van der Waals surface area contributed by atoms with Crippen molar-refractivity contribution < 1.29 is 4.79 Å². The fraction of sp³-hybridized carbons (Fsp3) is 0.444. The fourth-order valence-corrected chi connectivity index (χ4v) is 5.20. The number of hydrogen-bond acceptors (Lipinski definition) is 6. The topological polar surface area (TPSA) is 75.9 Å². The third-order valence-electron chi connectivity index (χ3n) is 5.81. The minimum Gasteiger partial charge on any atom is -0.346 e. The lowest BCUT2D eigenvalue weighted by molar-refractivity contribution is 0.0216. The quantitative estimate of drug-likeness (QED) is 0.766. The van der Waals surface area contributed by atoms with Crippen molar-refractivity contribution in [3.63, 3.8) is 0 Å². The summed E-state index contributed by atoms with van der Waals surface area (Å²) in [5.74, 6) is 0.489. The molecule has 8 heteroatoms. The Balaban J connectivity index is 1.43. The second kappa shape index (κ2) is 6.14. The van der Waals surface area contributed by atoms with E-state index in [0.29, 0.717) is 17.7 Å². The van der Waals surface area contributed by atoms with Crippen molar-refractivity contribution in [2.75, 3.05) is 13.1 Å². The molecule has 0 saturated carbocycles. The summed E-state index contributed by atoms with van der Waals surface area (Å²) in [5.41, 5.74) is 1.39. The third kappa shape index (κ3) is 2.52. The Bertz CT molecular complexity index is 942. The molecule has 2 bridgehead atoms. The van der Waals surface area contributed by atoms with Gasteiger partial charge in [0.2, 0.25) is 0 Å². The number of piperidine rings is 3. The summed E-state index contributed by atoms with van der Waals surface area (Å²) in [4.78, 5) is 23.8. The summed E-state index contributed by atoms with van der Waals surface area (Å²) in [5, 5.41) is 10.4. The summed E-state index contributed by atoms with van der Waals surface area (Å²) in [6, 6.07) is 2.46. The summed E-state index contributed by atoms with van der Waals surface area (Å²) < 4.78 is 2.75. The molecule has 2 atom stereocenters. The van der Waals surface area contributed by atoms with E-state index < -0.39 is 0 Å². The lowest BCUT2D eigenvalue weighted by atomic mass is 9.79. The maximum absolute atomic E-state index is 12.9. The minimum atomic E-state index is -0.0896. The van der Waals surface area contributed by atoms with Crippen LogP contribution in [0.5, 0.6) is 0 Å². The SMILES string of the molecule is CC1C(NC(=O)c2cc3c(-n4cncn4)csc3cn2)C2CCN1CC2. The number of pyridine rings is 1. The van der Waals surface area contributed by atoms with Crippen molar-refractivity contribution in [3.05, 3.63) is 36.0 Å². The van der Waals surface area contributed by atoms with Gasteiger partial charge in [0.1, 0.15) is 18.3 Å². The zero-order valence-electron chi connectivity index (χ0n) is 14.5. The van der Waals surface area contributed by atoms with Gasteiger partial charge in [-0.3, -0.25) is 9.69 Å². The van der Waals surface area contributed by atoms with Crippen LogP contribution in [0.1, 0.15) is 30.3 Å². The smallest absolute Gasteiger partial charge is 0.270 e. The van der Waals surface area contributed by atoms with E-state index in [0.717, 1.165) is 28.9 Å². The summed E-state index contributed by atoms with van der Waals surface area (Å²) in [7, 11) is 0. The second-order valence-electron chi connectivity index (χ2n) is 7.14. The van der Waals surface area contributed by atoms with Gasteiger partial charge in [-0.05, 0) is 44.8 Å². The van der Waals surface area contributed by atoms with E-state index in [1.165, 1.54) is 19.2 Å². The molecule has 7 nitrogen and oxygen atoms in total. The van der Waals surface area contributed by atoms with Gasteiger partial charge in [0.15, 0.2) is 0 Å². The normalized spacial score (nSPS) is 27.7.